The molecule has 2 aliphatic rings. The zero-order valence-corrected chi connectivity index (χ0v) is 13.2. The second kappa shape index (κ2) is 6.34. The molecule has 1 heterocycles. The number of likely N-dealkylation sites (N-methyl/N-ethyl adjacent to an activating group) is 2. The van der Waals surface area contributed by atoms with Crippen molar-refractivity contribution in [3.63, 3.8) is 0 Å². The summed E-state index contributed by atoms with van der Waals surface area (Å²) in [6.07, 6.45) is 3.85. The van der Waals surface area contributed by atoms with Gasteiger partial charge in [0.1, 0.15) is 5.75 Å². The molecule has 2 unspecified atom stereocenters. The molecule has 21 heavy (non-hydrogen) atoms. The Morgan fingerprint density at radius 1 is 1.19 bits per heavy atom. The number of hydrogen-bond donors (Lipinski definition) is 1. The van der Waals surface area contributed by atoms with E-state index in [1.54, 1.807) is 0 Å². The number of benzene rings is 1. The van der Waals surface area contributed by atoms with Crippen molar-refractivity contribution in [2.45, 2.75) is 37.5 Å². The van der Waals surface area contributed by atoms with Crippen LogP contribution >= 0.6 is 0 Å². The van der Waals surface area contributed by atoms with Crippen LogP contribution in [0.15, 0.2) is 24.3 Å². The van der Waals surface area contributed by atoms with Crippen molar-refractivity contribution in [2.75, 3.05) is 33.7 Å². The van der Waals surface area contributed by atoms with E-state index < -0.39 is 0 Å². The van der Waals surface area contributed by atoms with E-state index in [-0.39, 0.29) is 6.04 Å². The van der Waals surface area contributed by atoms with Crippen LogP contribution < -0.4 is 10.5 Å². The van der Waals surface area contributed by atoms with Crippen molar-refractivity contribution in [2.24, 2.45) is 5.73 Å². The first-order chi connectivity index (χ1) is 10.1. The van der Waals surface area contributed by atoms with Crippen molar-refractivity contribution in [1.29, 1.82) is 0 Å². The fourth-order valence-corrected chi connectivity index (χ4v) is 2.96. The molecule has 1 aromatic carbocycles. The molecule has 0 radical (unpaired) electrons. The summed E-state index contributed by atoms with van der Waals surface area (Å²) in [5.41, 5.74) is 7.62. The molecule has 0 aromatic heterocycles. The lowest BCUT2D eigenvalue weighted by atomic mass is 9.98. The molecule has 2 atom stereocenters. The standard InChI is InChI=1S/C17H27N3O/c1-19-9-10-20(2)14(12-19)11-17(18)13-3-5-15(6-4-13)21-16-7-8-16/h3-6,14,16-17H,7-12,18H2,1-2H3. The Bertz CT molecular complexity index is 458. The summed E-state index contributed by atoms with van der Waals surface area (Å²) >= 11 is 0. The molecule has 4 nitrogen and oxygen atoms in total. The van der Waals surface area contributed by atoms with E-state index >= 15 is 0 Å². The van der Waals surface area contributed by atoms with E-state index in [0.29, 0.717) is 12.1 Å². The number of piperazine rings is 1. The molecule has 0 spiro atoms. The normalized spacial score (nSPS) is 25.8. The van der Waals surface area contributed by atoms with Gasteiger partial charge < -0.3 is 20.3 Å². The minimum atomic E-state index is 0.0962. The third-order valence-electron chi connectivity index (χ3n) is 4.64. The fourth-order valence-electron chi connectivity index (χ4n) is 2.96. The Kier molecular flexibility index (Phi) is 4.48. The predicted octanol–water partition coefficient (Wildman–Crippen LogP) is 1.86. The van der Waals surface area contributed by atoms with E-state index in [9.17, 15) is 0 Å². The van der Waals surface area contributed by atoms with Gasteiger partial charge in [-0.3, -0.25) is 0 Å². The van der Waals surface area contributed by atoms with Crippen LogP contribution in [0.2, 0.25) is 0 Å². The first-order valence-electron chi connectivity index (χ1n) is 8.03. The van der Waals surface area contributed by atoms with E-state index in [1.165, 1.54) is 18.4 Å². The Hall–Kier alpha value is -1.10. The number of rotatable bonds is 5. The zero-order chi connectivity index (χ0) is 14.8. The third-order valence-corrected chi connectivity index (χ3v) is 4.64. The maximum Gasteiger partial charge on any atom is 0.119 e. The number of nitrogens with two attached hydrogens (primary N) is 1. The summed E-state index contributed by atoms with van der Waals surface area (Å²) in [6, 6.07) is 9.00. The van der Waals surface area contributed by atoms with Crippen molar-refractivity contribution in [1.82, 2.24) is 9.80 Å². The van der Waals surface area contributed by atoms with Gasteiger partial charge in [0.15, 0.2) is 0 Å². The molecule has 1 aliphatic heterocycles. The van der Waals surface area contributed by atoms with E-state index in [0.717, 1.165) is 31.8 Å². The summed E-state index contributed by atoms with van der Waals surface area (Å²) in [5, 5.41) is 0. The molecule has 0 bridgehead atoms. The monoisotopic (exact) mass is 289 g/mol. The molecule has 2 fully saturated rings. The van der Waals surface area contributed by atoms with Gasteiger partial charge >= 0.3 is 0 Å². The predicted molar refractivity (Wildman–Crippen MR) is 85.6 cm³/mol. The molecule has 4 heteroatoms. The molecule has 1 aromatic rings. The number of ether oxygens (including phenoxy) is 1. The summed E-state index contributed by atoms with van der Waals surface area (Å²) < 4.78 is 5.79. The summed E-state index contributed by atoms with van der Waals surface area (Å²) in [7, 11) is 4.40. The maximum absolute atomic E-state index is 6.41. The van der Waals surface area contributed by atoms with Gasteiger partial charge in [0, 0.05) is 31.7 Å². The van der Waals surface area contributed by atoms with E-state index in [2.05, 4.69) is 48.2 Å². The highest BCUT2D eigenvalue weighted by Crippen LogP contribution is 2.28. The van der Waals surface area contributed by atoms with Crippen LogP contribution in [0.3, 0.4) is 0 Å². The SMILES string of the molecule is CN1CCN(C)C(CC(N)c2ccc(OC3CC3)cc2)C1. The molecule has 3 rings (SSSR count). The topological polar surface area (TPSA) is 41.7 Å². The quantitative estimate of drug-likeness (QED) is 0.898. The Morgan fingerprint density at radius 3 is 2.57 bits per heavy atom. The third kappa shape index (κ3) is 3.96. The van der Waals surface area contributed by atoms with E-state index in [4.69, 9.17) is 10.5 Å². The highest BCUT2D eigenvalue weighted by Gasteiger charge is 2.25. The molecule has 1 saturated carbocycles. The van der Waals surface area contributed by atoms with Crippen LogP contribution in [0, 0.1) is 0 Å². The lowest BCUT2D eigenvalue weighted by Gasteiger charge is -2.38. The molecule has 1 saturated heterocycles. The van der Waals surface area contributed by atoms with Crippen LogP contribution in [0.4, 0.5) is 0 Å². The van der Waals surface area contributed by atoms with Gasteiger partial charge in [-0.15, -0.1) is 0 Å². The molecular formula is C17H27N3O. The van der Waals surface area contributed by atoms with Gasteiger partial charge in [-0.25, -0.2) is 0 Å². The van der Waals surface area contributed by atoms with Crippen molar-refractivity contribution >= 4 is 0 Å². The van der Waals surface area contributed by atoms with Crippen LogP contribution in [0.1, 0.15) is 30.9 Å². The van der Waals surface area contributed by atoms with Crippen LogP contribution in [0.25, 0.3) is 0 Å². The van der Waals surface area contributed by atoms with Crippen LogP contribution in [-0.4, -0.2) is 55.7 Å². The first kappa shape index (κ1) is 14.8. The summed E-state index contributed by atoms with van der Waals surface area (Å²) in [5.74, 6) is 0.975. The minimum absolute atomic E-state index is 0.0962. The largest absolute Gasteiger partial charge is 0.490 e. The number of hydrogen-bond acceptors (Lipinski definition) is 4. The van der Waals surface area contributed by atoms with Crippen molar-refractivity contribution < 1.29 is 4.74 Å². The van der Waals surface area contributed by atoms with Gasteiger partial charge in [0.2, 0.25) is 0 Å². The Morgan fingerprint density at radius 2 is 1.90 bits per heavy atom. The van der Waals surface area contributed by atoms with Crippen LogP contribution in [-0.2, 0) is 0 Å². The maximum atomic E-state index is 6.41. The lowest BCUT2D eigenvalue weighted by Crippen LogP contribution is -2.50. The lowest BCUT2D eigenvalue weighted by molar-refractivity contribution is 0.104. The molecule has 1 aliphatic carbocycles. The Balaban J connectivity index is 1.57. The van der Waals surface area contributed by atoms with Crippen molar-refractivity contribution in [3.05, 3.63) is 29.8 Å². The Labute approximate surface area is 127 Å². The molecule has 2 N–H and O–H groups in total. The summed E-state index contributed by atoms with van der Waals surface area (Å²) in [6.45, 7) is 3.38. The zero-order valence-electron chi connectivity index (χ0n) is 13.2. The minimum Gasteiger partial charge on any atom is -0.490 e. The highest BCUT2D eigenvalue weighted by molar-refractivity contribution is 5.29. The second-order valence-electron chi connectivity index (χ2n) is 6.63. The van der Waals surface area contributed by atoms with Gasteiger partial charge in [-0.1, -0.05) is 12.1 Å². The van der Waals surface area contributed by atoms with Gasteiger partial charge in [-0.2, -0.15) is 0 Å². The smallest absolute Gasteiger partial charge is 0.119 e. The van der Waals surface area contributed by atoms with Gasteiger partial charge in [0.05, 0.1) is 6.10 Å². The summed E-state index contributed by atoms with van der Waals surface area (Å²) in [4.78, 5) is 4.83. The fraction of sp³-hybridized carbons (Fsp3) is 0.647. The highest BCUT2D eigenvalue weighted by atomic mass is 16.5. The molecule has 116 valence electrons. The molecular weight excluding hydrogens is 262 g/mol. The average molecular weight is 289 g/mol. The second-order valence-corrected chi connectivity index (χ2v) is 6.63. The van der Waals surface area contributed by atoms with Crippen molar-refractivity contribution in [3.8, 4) is 5.75 Å². The van der Waals surface area contributed by atoms with Crippen LogP contribution in [0.5, 0.6) is 5.75 Å². The van der Waals surface area contributed by atoms with Gasteiger partial charge in [-0.05, 0) is 51.1 Å². The molecule has 0 amide bonds. The number of nitrogens with zero attached hydrogens (tertiary/aromatic N) is 2. The van der Waals surface area contributed by atoms with E-state index in [1.807, 2.05) is 0 Å². The van der Waals surface area contributed by atoms with Gasteiger partial charge in [0.25, 0.3) is 0 Å². The average Bonchev–Trinajstić information content (AvgIpc) is 3.27. The first-order valence-corrected chi connectivity index (χ1v) is 8.03.